The van der Waals surface area contributed by atoms with Crippen molar-refractivity contribution in [1.29, 1.82) is 0 Å². The quantitative estimate of drug-likeness (QED) is 0.583. The van der Waals surface area contributed by atoms with Crippen LogP contribution in [0.15, 0.2) is 11.1 Å². The summed E-state index contributed by atoms with van der Waals surface area (Å²) >= 11 is 0. The van der Waals surface area contributed by atoms with E-state index in [4.69, 9.17) is 0 Å². The third-order valence-corrected chi connectivity index (χ3v) is 3.99. The van der Waals surface area contributed by atoms with E-state index in [1.165, 1.54) is 0 Å². The van der Waals surface area contributed by atoms with Crippen LogP contribution in [0.1, 0.15) is 52.9 Å². The fourth-order valence-electron chi connectivity index (χ4n) is 2.53. The summed E-state index contributed by atoms with van der Waals surface area (Å²) < 4.78 is 0. The number of carboxylic acids is 1. The second-order valence-electron chi connectivity index (χ2n) is 5.50. The van der Waals surface area contributed by atoms with Gasteiger partial charge < -0.3 is 15.2 Å². The highest BCUT2D eigenvalue weighted by molar-refractivity contribution is 5.85. The number of carbonyl (C=O) groups is 2. The molecule has 0 aromatic carbocycles. The van der Waals surface area contributed by atoms with Gasteiger partial charge in [0.05, 0.1) is 0 Å². The van der Waals surface area contributed by atoms with Gasteiger partial charge in [-0.2, -0.15) is 0 Å². The van der Waals surface area contributed by atoms with Crippen LogP contribution in [-0.2, 0) is 9.59 Å². The Balaban J connectivity index is 2.62. The third-order valence-electron chi connectivity index (χ3n) is 3.99. The lowest BCUT2D eigenvalue weighted by molar-refractivity contribution is -0.313. The molecule has 1 aliphatic rings. The Morgan fingerprint density at radius 1 is 1.16 bits per heavy atom. The number of allylic oxidation sites excluding steroid dienone is 2. The summed E-state index contributed by atoms with van der Waals surface area (Å²) in [5.74, 6) is -2.41. The Labute approximate surface area is 115 Å². The van der Waals surface area contributed by atoms with Crippen LogP contribution in [-0.4, -0.2) is 18.4 Å². The topological polar surface area (TPSA) is 69.2 Å². The largest absolute Gasteiger partial charge is 0.550 e. The van der Waals surface area contributed by atoms with Gasteiger partial charge >= 0.3 is 0 Å². The number of hydrogen-bond donors (Lipinski definition) is 1. The Morgan fingerprint density at radius 3 is 2.26 bits per heavy atom. The van der Waals surface area contributed by atoms with Gasteiger partial charge in [-0.1, -0.05) is 30.9 Å². The van der Waals surface area contributed by atoms with E-state index >= 15 is 0 Å². The van der Waals surface area contributed by atoms with Crippen molar-refractivity contribution in [1.82, 2.24) is 5.32 Å². The first-order valence-corrected chi connectivity index (χ1v) is 7.11. The van der Waals surface area contributed by atoms with Crippen LogP contribution in [0.4, 0.5) is 0 Å². The molecule has 1 N–H and O–H groups in total. The van der Waals surface area contributed by atoms with E-state index in [0.717, 1.165) is 30.4 Å². The van der Waals surface area contributed by atoms with E-state index in [9.17, 15) is 14.7 Å². The van der Waals surface area contributed by atoms with Gasteiger partial charge in [0.25, 0.3) is 0 Å². The molecule has 0 aromatic heterocycles. The molecule has 0 radical (unpaired) electrons. The molecule has 0 saturated heterocycles. The predicted octanol–water partition coefficient (Wildman–Crippen LogP) is 1.41. The molecule has 1 rings (SSSR count). The number of carboxylic acid groups (broad SMARTS) is 1. The summed E-state index contributed by atoms with van der Waals surface area (Å²) in [6, 6.07) is 0. The third kappa shape index (κ3) is 4.37. The number of carbonyl (C=O) groups excluding carboxylic acids is 2. The molecule has 0 aromatic rings. The van der Waals surface area contributed by atoms with Crippen LogP contribution >= 0.6 is 0 Å². The van der Waals surface area contributed by atoms with Crippen LogP contribution < -0.4 is 10.4 Å². The number of unbranched alkanes of at least 4 members (excludes halogenated alkanes) is 2. The molecule has 2 atom stereocenters. The average Bonchev–Trinajstić information content (AvgIpc) is 2.36. The molecular formula is C15H24NO3-. The van der Waals surface area contributed by atoms with Crippen LogP contribution in [0.5, 0.6) is 0 Å². The zero-order valence-electron chi connectivity index (χ0n) is 12.1. The molecule has 4 heteroatoms. The summed E-state index contributed by atoms with van der Waals surface area (Å²) in [6.45, 7) is 6.63. The van der Waals surface area contributed by atoms with E-state index in [1.807, 2.05) is 13.8 Å². The summed E-state index contributed by atoms with van der Waals surface area (Å²) in [5, 5.41) is 14.0. The van der Waals surface area contributed by atoms with Gasteiger partial charge in [-0.3, -0.25) is 4.79 Å². The maximum atomic E-state index is 12.1. The lowest BCUT2D eigenvalue weighted by Gasteiger charge is -2.32. The second-order valence-corrected chi connectivity index (χ2v) is 5.50. The first-order valence-electron chi connectivity index (χ1n) is 7.11. The molecule has 108 valence electrons. The predicted molar refractivity (Wildman–Crippen MR) is 72.1 cm³/mol. The number of nitrogens with one attached hydrogen (secondary N) is 1. The van der Waals surface area contributed by atoms with Gasteiger partial charge in [-0.05, 0) is 33.1 Å². The van der Waals surface area contributed by atoms with Crippen molar-refractivity contribution >= 4 is 11.9 Å². The molecule has 4 nitrogen and oxygen atoms in total. The number of hydrogen-bond acceptors (Lipinski definition) is 3. The number of aliphatic carboxylic acids is 1. The molecular weight excluding hydrogens is 242 g/mol. The van der Waals surface area contributed by atoms with Gasteiger partial charge in [0, 0.05) is 24.3 Å². The van der Waals surface area contributed by atoms with Gasteiger partial charge in [0.15, 0.2) is 0 Å². The fraction of sp³-hybridized carbons (Fsp3) is 0.733. The molecule has 0 fully saturated rings. The minimum atomic E-state index is -1.11. The Kier molecular flexibility index (Phi) is 6.06. The minimum absolute atomic E-state index is 0.142. The SMILES string of the molecule is CCCCCNC(=O)[C@@H]1CC(C)=C(C)C[C@@H]1C(=O)[O-]. The van der Waals surface area contributed by atoms with E-state index in [-0.39, 0.29) is 5.91 Å². The van der Waals surface area contributed by atoms with Crippen molar-refractivity contribution in [3.63, 3.8) is 0 Å². The zero-order valence-corrected chi connectivity index (χ0v) is 12.1. The summed E-state index contributed by atoms with van der Waals surface area (Å²) in [6.07, 6.45) is 4.08. The van der Waals surface area contributed by atoms with Crippen LogP contribution in [0.3, 0.4) is 0 Å². The van der Waals surface area contributed by atoms with Crippen molar-refractivity contribution in [2.75, 3.05) is 6.54 Å². The summed E-state index contributed by atoms with van der Waals surface area (Å²) in [4.78, 5) is 23.3. The second kappa shape index (κ2) is 7.31. The van der Waals surface area contributed by atoms with Crippen molar-refractivity contribution in [2.24, 2.45) is 11.8 Å². The van der Waals surface area contributed by atoms with Crippen molar-refractivity contribution in [3.05, 3.63) is 11.1 Å². The van der Waals surface area contributed by atoms with E-state index < -0.39 is 17.8 Å². The lowest BCUT2D eigenvalue weighted by Crippen LogP contribution is -2.45. The number of amides is 1. The van der Waals surface area contributed by atoms with Crippen LogP contribution in [0, 0.1) is 11.8 Å². The zero-order chi connectivity index (χ0) is 14.4. The van der Waals surface area contributed by atoms with E-state index in [1.54, 1.807) is 0 Å². The summed E-state index contributed by atoms with van der Waals surface area (Å²) in [5.41, 5.74) is 2.20. The van der Waals surface area contributed by atoms with Crippen LogP contribution in [0.2, 0.25) is 0 Å². The molecule has 0 heterocycles. The normalized spacial score (nSPS) is 23.3. The van der Waals surface area contributed by atoms with Gasteiger partial charge in [0.2, 0.25) is 5.91 Å². The highest BCUT2D eigenvalue weighted by Gasteiger charge is 2.33. The summed E-state index contributed by atoms with van der Waals surface area (Å²) in [7, 11) is 0. The number of rotatable bonds is 6. The molecule has 0 saturated carbocycles. The van der Waals surface area contributed by atoms with Crippen LogP contribution in [0.25, 0.3) is 0 Å². The average molecular weight is 266 g/mol. The Morgan fingerprint density at radius 2 is 1.74 bits per heavy atom. The molecule has 1 amide bonds. The Hall–Kier alpha value is -1.32. The first-order chi connectivity index (χ1) is 8.97. The van der Waals surface area contributed by atoms with E-state index in [0.29, 0.717) is 19.4 Å². The highest BCUT2D eigenvalue weighted by atomic mass is 16.4. The van der Waals surface area contributed by atoms with Crippen molar-refractivity contribution in [2.45, 2.75) is 52.9 Å². The standard InChI is InChI=1S/C15H25NO3/c1-4-5-6-7-16-14(17)12-8-10(2)11(3)9-13(12)15(18)19/h12-13H,4-9H2,1-3H3,(H,16,17)(H,18,19)/p-1/t12-,13+/m1/s1. The van der Waals surface area contributed by atoms with Gasteiger partial charge in [-0.15, -0.1) is 0 Å². The smallest absolute Gasteiger partial charge is 0.224 e. The van der Waals surface area contributed by atoms with Gasteiger partial charge in [0.1, 0.15) is 0 Å². The molecule has 0 unspecified atom stereocenters. The van der Waals surface area contributed by atoms with Crippen molar-refractivity contribution < 1.29 is 14.7 Å². The maximum absolute atomic E-state index is 12.1. The van der Waals surface area contributed by atoms with Gasteiger partial charge in [-0.25, -0.2) is 0 Å². The van der Waals surface area contributed by atoms with E-state index in [2.05, 4.69) is 12.2 Å². The molecule has 0 aliphatic heterocycles. The Bertz CT molecular complexity index is 374. The lowest BCUT2D eigenvalue weighted by atomic mass is 9.76. The molecule has 0 spiro atoms. The maximum Gasteiger partial charge on any atom is 0.224 e. The van der Waals surface area contributed by atoms with Crippen molar-refractivity contribution in [3.8, 4) is 0 Å². The first kappa shape index (κ1) is 15.7. The fourth-order valence-corrected chi connectivity index (χ4v) is 2.53. The highest BCUT2D eigenvalue weighted by Crippen LogP contribution is 2.33. The minimum Gasteiger partial charge on any atom is -0.550 e. The molecule has 0 bridgehead atoms. The molecule has 1 aliphatic carbocycles. The molecule has 19 heavy (non-hydrogen) atoms. The monoisotopic (exact) mass is 266 g/mol.